The topological polar surface area (TPSA) is 58.6 Å². The van der Waals surface area contributed by atoms with Crippen LogP contribution < -0.4 is 5.32 Å². The molecule has 0 aromatic rings. The lowest BCUT2D eigenvalue weighted by Crippen LogP contribution is -2.52. The van der Waals surface area contributed by atoms with Gasteiger partial charge in [-0.1, -0.05) is 27.2 Å². The van der Waals surface area contributed by atoms with Gasteiger partial charge in [0.25, 0.3) is 0 Å². The molecule has 0 radical (unpaired) electrons. The van der Waals surface area contributed by atoms with E-state index in [9.17, 15) is 9.59 Å². The van der Waals surface area contributed by atoms with Crippen LogP contribution >= 0.6 is 11.8 Å². The molecule has 2 atom stereocenters. The first kappa shape index (κ1) is 18.1. The molecule has 0 bridgehead atoms. The maximum absolute atomic E-state index is 12.7. The predicted octanol–water partition coefficient (Wildman–Crippen LogP) is 2.50. The summed E-state index contributed by atoms with van der Waals surface area (Å²) in [6.07, 6.45) is 2.82. The number of nitrogens with one attached hydrogen (secondary N) is 1. The molecule has 2 unspecified atom stereocenters. The van der Waals surface area contributed by atoms with Gasteiger partial charge in [-0.25, -0.2) is 4.79 Å². The molecule has 1 rings (SSSR count). The van der Waals surface area contributed by atoms with Gasteiger partial charge in [0.2, 0.25) is 5.91 Å². The molecule has 1 N–H and O–H groups in total. The SMILES string of the molecule is CCSC1CCCCN(C(=O)C(NC(=O)OC)C(C)C)C1. The molecule has 0 saturated carbocycles. The van der Waals surface area contributed by atoms with E-state index < -0.39 is 12.1 Å². The summed E-state index contributed by atoms with van der Waals surface area (Å²) in [4.78, 5) is 26.1. The van der Waals surface area contributed by atoms with Crippen molar-refractivity contribution >= 4 is 23.8 Å². The van der Waals surface area contributed by atoms with Crippen molar-refractivity contribution in [2.24, 2.45) is 5.92 Å². The Morgan fingerprint density at radius 1 is 1.38 bits per heavy atom. The molecule has 0 spiro atoms. The molecule has 1 aliphatic heterocycles. The molecule has 6 heteroatoms. The zero-order valence-corrected chi connectivity index (χ0v) is 14.4. The van der Waals surface area contributed by atoms with Crippen LogP contribution in [0.2, 0.25) is 0 Å². The first-order valence-electron chi connectivity index (χ1n) is 7.74. The summed E-state index contributed by atoms with van der Waals surface area (Å²) in [6.45, 7) is 7.59. The Labute approximate surface area is 132 Å². The van der Waals surface area contributed by atoms with Crippen molar-refractivity contribution in [2.75, 3.05) is 26.0 Å². The van der Waals surface area contributed by atoms with Gasteiger partial charge in [0.1, 0.15) is 6.04 Å². The zero-order valence-electron chi connectivity index (χ0n) is 13.6. The number of carbonyl (C=O) groups excluding carboxylic acids is 2. The number of alkyl carbamates (subject to hydrolysis) is 1. The highest BCUT2D eigenvalue weighted by Gasteiger charge is 2.31. The van der Waals surface area contributed by atoms with Crippen molar-refractivity contribution in [3.05, 3.63) is 0 Å². The van der Waals surface area contributed by atoms with Gasteiger partial charge in [-0.15, -0.1) is 0 Å². The van der Waals surface area contributed by atoms with E-state index in [0.29, 0.717) is 5.25 Å². The average molecular weight is 316 g/mol. The minimum absolute atomic E-state index is 0.0130. The Bertz CT molecular complexity index is 350. The Balaban J connectivity index is 2.73. The van der Waals surface area contributed by atoms with Crippen LogP contribution in [0.4, 0.5) is 4.79 Å². The average Bonchev–Trinajstić information content (AvgIpc) is 2.69. The number of thioether (sulfide) groups is 1. The van der Waals surface area contributed by atoms with E-state index in [0.717, 1.165) is 31.7 Å². The lowest BCUT2D eigenvalue weighted by Gasteiger charge is -2.30. The van der Waals surface area contributed by atoms with Crippen LogP contribution in [-0.2, 0) is 9.53 Å². The van der Waals surface area contributed by atoms with E-state index >= 15 is 0 Å². The number of amides is 2. The number of ether oxygens (including phenoxy) is 1. The van der Waals surface area contributed by atoms with Crippen molar-refractivity contribution in [3.63, 3.8) is 0 Å². The van der Waals surface area contributed by atoms with Crippen LogP contribution in [0, 0.1) is 5.92 Å². The fourth-order valence-electron chi connectivity index (χ4n) is 2.57. The van der Waals surface area contributed by atoms with Crippen LogP contribution in [0.3, 0.4) is 0 Å². The first-order chi connectivity index (χ1) is 9.99. The Morgan fingerprint density at radius 3 is 2.67 bits per heavy atom. The molecule has 1 fully saturated rings. The quantitative estimate of drug-likeness (QED) is 0.846. The molecule has 2 amide bonds. The lowest BCUT2D eigenvalue weighted by molar-refractivity contribution is -0.134. The summed E-state index contributed by atoms with van der Waals surface area (Å²) < 4.78 is 4.63. The van der Waals surface area contributed by atoms with E-state index in [-0.39, 0.29) is 11.8 Å². The first-order valence-corrected chi connectivity index (χ1v) is 8.79. The predicted molar refractivity (Wildman–Crippen MR) is 86.5 cm³/mol. The van der Waals surface area contributed by atoms with Crippen molar-refractivity contribution in [1.82, 2.24) is 10.2 Å². The Kier molecular flexibility index (Phi) is 7.93. The van der Waals surface area contributed by atoms with Crippen molar-refractivity contribution < 1.29 is 14.3 Å². The van der Waals surface area contributed by atoms with Gasteiger partial charge in [0.15, 0.2) is 0 Å². The van der Waals surface area contributed by atoms with Gasteiger partial charge < -0.3 is 15.0 Å². The molecular formula is C15H28N2O3S. The fraction of sp³-hybridized carbons (Fsp3) is 0.867. The Hall–Kier alpha value is -0.910. The summed E-state index contributed by atoms with van der Waals surface area (Å²) in [5.41, 5.74) is 0. The minimum Gasteiger partial charge on any atom is -0.453 e. The number of nitrogens with zero attached hydrogens (tertiary/aromatic N) is 1. The molecule has 122 valence electrons. The lowest BCUT2D eigenvalue weighted by atomic mass is 10.0. The van der Waals surface area contributed by atoms with Gasteiger partial charge in [-0.2, -0.15) is 11.8 Å². The minimum atomic E-state index is -0.545. The zero-order chi connectivity index (χ0) is 15.8. The highest BCUT2D eigenvalue weighted by Crippen LogP contribution is 2.23. The normalized spacial score (nSPS) is 20.8. The number of rotatable bonds is 5. The van der Waals surface area contributed by atoms with Crippen molar-refractivity contribution in [3.8, 4) is 0 Å². The van der Waals surface area contributed by atoms with Gasteiger partial charge in [0.05, 0.1) is 7.11 Å². The van der Waals surface area contributed by atoms with Crippen molar-refractivity contribution in [2.45, 2.75) is 51.3 Å². The standard InChI is InChI=1S/C15H28N2O3S/c1-5-21-12-8-6-7-9-17(10-12)14(18)13(11(2)3)16-15(19)20-4/h11-13H,5-10H2,1-4H3,(H,16,19). The van der Waals surface area contributed by atoms with Gasteiger partial charge in [-0.05, 0) is 24.5 Å². The molecule has 21 heavy (non-hydrogen) atoms. The summed E-state index contributed by atoms with van der Waals surface area (Å²) in [5, 5.41) is 3.18. The van der Waals surface area contributed by atoms with Crippen molar-refractivity contribution in [1.29, 1.82) is 0 Å². The van der Waals surface area contributed by atoms with Gasteiger partial charge in [-0.3, -0.25) is 4.79 Å². The number of carbonyl (C=O) groups is 2. The molecule has 1 saturated heterocycles. The molecule has 5 nitrogen and oxygen atoms in total. The molecule has 1 heterocycles. The van der Waals surface area contributed by atoms with Crippen LogP contribution in [0.1, 0.15) is 40.0 Å². The number of hydrogen-bond acceptors (Lipinski definition) is 4. The van der Waals surface area contributed by atoms with Crippen LogP contribution in [0.5, 0.6) is 0 Å². The Morgan fingerprint density at radius 2 is 2.10 bits per heavy atom. The van der Waals surface area contributed by atoms with E-state index in [2.05, 4.69) is 17.0 Å². The third kappa shape index (κ3) is 5.77. The molecule has 1 aliphatic rings. The van der Waals surface area contributed by atoms with Gasteiger partial charge in [0, 0.05) is 18.3 Å². The second kappa shape index (κ2) is 9.18. The van der Waals surface area contributed by atoms with Crippen LogP contribution in [0.15, 0.2) is 0 Å². The molecule has 0 aliphatic carbocycles. The molecule has 0 aromatic heterocycles. The number of methoxy groups -OCH3 is 1. The van der Waals surface area contributed by atoms with Gasteiger partial charge >= 0.3 is 6.09 Å². The smallest absolute Gasteiger partial charge is 0.407 e. The summed E-state index contributed by atoms with van der Waals surface area (Å²) in [6, 6.07) is -0.511. The second-order valence-electron chi connectivity index (χ2n) is 5.71. The maximum atomic E-state index is 12.7. The fourth-order valence-corrected chi connectivity index (χ4v) is 3.66. The number of likely N-dealkylation sites (tertiary alicyclic amines) is 1. The van der Waals surface area contributed by atoms with Crippen LogP contribution in [-0.4, -0.2) is 54.1 Å². The van der Waals surface area contributed by atoms with E-state index in [1.807, 2.05) is 30.5 Å². The van der Waals surface area contributed by atoms with E-state index in [1.165, 1.54) is 13.5 Å². The van der Waals surface area contributed by atoms with E-state index in [4.69, 9.17) is 0 Å². The van der Waals surface area contributed by atoms with Crippen LogP contribution in [0.25, 0.3) is 0 Å². The monoisotopic (exact) mass is 316 g/mol. The molecular weight excluding hydrogens is 288 g/mol. The van der Waals surface area contributed by atoms with E-state index in [1.54, 1.807) is 0 Å². The summed E-state index contributed by atoms with van der Waals surface area (Å²) in [5.74, 6) is 1.12. The second-order valence-corrected chi connectivity index (χ2v) is 7.29. The third-order valence-electron chi connectivity index (χ3n) is 3.73. The highest BCUT2D eigenvalue weighted by molar-refractivity contribution is 7.99. The summed E-state index contributed by atoms with van der Waals surface area (Å²) in [7, 11) is 1.32. The maximum Gasteiger partial charge on any atom is 0.407 e. The number of hydrogen-bond donors (Lipinski definition) is 1. The third-order valence-corrected chi connectivity index (χ3v) is 4.92. The largest absolute Gasteiger partial charge is 0.453 e. The highest BCUT2D eigenvalue weighted by atomic mass is 32.2. The molecule has 0 aromatic carbocycles. The summed E-state index contributed by atoms with van der Waals surface area (Å²) >= 11 is 1.92.